The Hall–Kier alpha value is -2.29. The van der Waals surface area contributed by atoms with E-state index < -0.39 is 26.5 Å². The average Bonchev–Trinajstić information content (AvgIpc) is 3.19. The zero-order valence-corrected chi connectivity index (χ0v) is 39.4. The average molecular weight is 851 g/mol. The van der Waals surface area contributed by atoms with Crippen molar-refractivity contribution in [2.24, 2.45) is 0 Å². The molecule has 0 saturated heterocycles. The van der Waals surface area contributed by atoms with Gasteiger partial charge in [-0.1, -0.05) is 177 Å². The highest BCUT2D eigenvalue weighted by atomic mass is 31.2. The van der Waals surface area contributed by atoms with E-state index in [0.717, 1.165) is 57.8 Å². The van der Waals surface area contributed by atoms with Gasteiger partial charge in [-0.05, 0) is 57.8 Å². The van der Waals surface area contributed by atoms with E-state index >= 15 is 0 Å². The van der Waals surface area contributed by atoms with Crippen LogP contribution in [0.3, 0.4) is 0 Å². The van der Waals surface area contributed by atoms with E-state index in [-0.39, 0.29) is 32.0 Å². The molecule has 59 heavy (non-hydrogen) atoms. The van der Waals surface area contributed by atoms with E-state index in [0.29, 0.717) is 17.4 Å². The molecule has 0 amide bonds. The Balaban J connectivity index is 4.29. The van der Waals surface area contributed by atoms with Crippen molar-refractivity contribution in [3.63, 3.8) is 0 Å². The van der Waals surface area contributed by atoms with Crippen molar-refractivity contribution in [3.05, 3.63) is 60.8 Å². The number of phosphoric ester groups is 1. The highest BCUT2D eigenvalue weighted by molar-refractivity contribution is 7.47. The number of nitrogens with zero attached hydrogens (tertiary/aromatic N) is 1. The molecule has 342 valence electrons. The number of allylic oxidation sites excluding steroid dienone is 10. The molecular formula is C49H89NO8P+. The van der Waals surface area contributed by atoms with Gasteiger partial charge in [-0.25, -0.2) is 4.57 Å². The molecule has 0 spiro atoms. The number of phosphoric acid groups is 1. The predicted octanol–water partition coefficient (Wildman–Crippen LogP) is 13.6. The maximum Gasteiger partial charge on any atom is 0.472 e. The summed E-state index contributed by atoms with van der Waals surface area (Å²) >= 11 is 0. The van der Waals surface area contributed by atoms with Crippen molar-refractivity contribution < 1.29 is 42.1 Å². The zero-order chi connectivity index (χ0) is 43.6. The lowest BCUT2D eigenvalue weighted by molar-refractivity contribution is -0.870. The van der Waals surface area contributed by atoms with Crippen LogP contribution in [0.25, 0.3) is 0 Å². The zero-order valence-electron chi connectivity index (χ0n) is 38.5. The van der Waals surface area contributed by atoms with Crippen LogP contribution in [-0.2, 0) is 32.7 Å². The third-order valence-electron chi connectivity index (χ3n) is 9.88. The molecule has 1 N–H and O–H groups in total. The quantitative estimate of drug-likeness (QED) is 0.0162. The molecule has 0 aromatic carbocycles. The van der Waals surface area contributed by atoms with Crippen LogP contribution < -0.4 is 0 Å². The summed E-state index contributed by atoms with van der Waals surface area (Å²) in [5.74, 6) is -0.851. The molecule has 0 aromatic heterocycles. The number of likely N-dealkylation sites (N-methyl/N-ethyl adjacent to an activating group) is 1. The van der Waals surface area contributed by atoms with Crippen LogP contribution in [0, 0.1) is 0 Å². The van der Waals surface area contributed by atoms with Crippen molar-refractivity contribution in [2.45, 2.75) is 193 Å². The second-order valence-corrected chi connectivity index (χ2v) is 18.3. The van der Waals surface area contributed by atoms with E-state index in [1.165, 1.54) is 96.3 Å². The number of hydrogen-bond acceptors (Lipinski definition) is 7. The lowest BCUT2D eigenvalue weighted by Gasteiger charge is -2.24. The van der Waals surface area contributed by atoms with Crippen LogP contribution in [-0.4, -0.2) is 74.9 Å². The minimum absolute atomic E-state index is 0.0206. The van der Waals surface area contributed by atoms with Gasteiger partial charge in [0.2, 0.25) is 0 Å². The van der Waals surface area contributed by atoms with Crippen molar-refractivity contribution in [1.82, 2.24) is 0 Å². The van der Waals surface area contributed by atoms with Gasteiger partial charge < -0.3 is 18.9 Å². The van der Waals surface area contributed by atoms with Gasteiger partial charge in [0.25, 0.3) is 0 Å². The van der Waals surface area contributed by atoms with Gasteiger partial charge in [0.15, 0.2) is 6.10 Å². The fourth-order valence-electron chi connectivity index (χ4n) is 6.20. The second kappa shape index (κ2) is 41.1. The molecule has 0 heterocycles. The number of rotatable bonds is 42. The Morgan fingerprint density at radius 2 is 0.983 bits per heavy atom. The van der Waals surface area contributed by atoms with Gasteiger partial charge in [-0.3, -0.25) is 18.6 Å². The first-order valence-corrected chi connectivity index (χ1v) is 25.1. The van der Waals surface area contributed by atoms with Gasteiger partial charge in [0, 0.05) is 12.8 Å². The van der Waals surface area contributed by atoms with Crippen LogP contribution in [0.5, 0.6) is 0 Å². The number of hydrogen-bond donors (Lipinski definition) is 1. The minimum atomic E-state index is -4.39. The molecule has 0 saturated carbocycles. The molecule has 0 aliphatic heterocycles. The van der Waals surface area contributed by atoms with Crippen molar-refractivity contribution in [1.29, 1.82) is 0 Å². The first-order chi connectivity index (χ1) is 28.5. The van der Waals surface area contributed by atoms with Crippen molar-refractivity contribution in [2.75, 3.05) is 47.5 Å². The van der Waals surface area contributed by atoms with Crippen LogP contribution in [0.15, 0.2) is 60.8 Å². The molecule has 0 rings (SSSR count). The molecule has 2 unspecified atom stereocenters. The van der Waals surface area contributed by atoms with Crippen LogP contribution in [0.2, 0.25) is 0 Å². The summed E-state index contributed by atoms with van der Waals surface area (Å²) in [7, 11) is 1.44. The smallest absolute Gasteiger partial charge is 0.462 e. The van der Waals surface area contributed by atoms with E-state index in [4.69, 9.17) is 18.5 Å². The number of carbonyl (C=O) groups is 2. The Labute approximate surface area is 362 Å². The molecular weight excluding hydrogens is 762 g/mol. The molecule has 0 aliphatic carbocycles. The summed E-state index contributed by atoms with van der Waals surface area (Å²) in [6.07, 6.45) is 50.0. The van der Waals surface area contributed by atoms with Gasteiger partial charge >= 0.3 is 19.8 Å². The molecule has 10 heteroatoms. The van der Waals surface area contributed by atoms with Gasteiger partial charge in [0.05, 0.1) is 27.7 Å². The molecule has 0 aliphatic rings. The SMILES string of the molecule is CC/C=C/C=C/C=C/C=C/CCCCCC(=O)OC(COC(=O)CCCCCCCCC/C=C/CCCCCCCCCCCCC)COP(=O)(O)OCC[N+](C)(C)C. The maximum absolute atomic E-state index is 12.7. The highest BCUT2D eigenvalue weighted by Gasteiger charge is 2.27. The highest BCUT2D eigenvalue weighted by Crippen LogP contribution is 2.43. The fraction of sp³-hybridized carbons (Fsp3) is 0.755. The lowest BCUT2D eigenvalue weighted by atomic mass is 10.0. The fourth-order valence-corrected chi connectivity index (χ4v) is 6.94. The molecule has 0 fully saturated rings. The van der Waals surface area contributed by atoms with E-state index in [2.05, 4.69) is 38.2 Å². The Bertz CT molecular complexity index is 1190. The second-order valence-electron chi connectivity index (χ2n) is 16.8. The van der Waals surface area contributed by atoms with Crippen molar-refractivity contribution >= 4 is 19.8 Å². The molecule has 0 radical (unpaired) electrons. The van der Waals surface area contributed by atoms with E-state index in [9.17, 15) is 19.0 Å². The number of carbonyl (C=O) groups excluding carboxylic acids is 2. The molecule has 2 atom stereocenters. The third-order valence-corrected chi connectivity index (χ3v) is 10.9. The monoisotopic (exact) mass is 851 g/mol. The van der Waals surface area contributed by atoms with Gasteiger partial charge in [-0.2, -0.15) is 0 Å². The van der Waals surface area contributed by atoms with Crippen LogP contribution >= 0.6 is 7.82 Å². The molecule has 0 aromatic rings. The van der Waals surface area contributed by atoms with E-state index in [1.807, 2.05) is 57.6 Å². The minimum Gasteiger partial charge on any atom is -0.462 e. The van der Waals surface area contributed by atoms with Gasteiger partial charge in [0.1, 0.15) is 19.8 Å². The summed E-state index contributed by atoms with van der Waals surface area (Å²) in [5, 5.41) is 0. The topological polar surface area (TPSA) is 108 Å². The summed E-state index contributed by atoms with van der Waals surface area (Å²) in [6, 6.07) is 0. The number of unbranched alkanes of at least 4 members (excludes halogenated alkanes) is 21. The predicted molar refractivity (Wildman–Crippen MR) is 247 cm³/mol. The Morgan fingerprint density at radius 3 is 1.51 bits per heavy atom. The Kier molecular flexibility index (Phi) is 39.5. The van der Waals surface area contributed by atoms with Crippen LogP contribution in [0.4, 0.5) is 0 Å². The summed E-state index contributed by atoms with van der Waals surface area (Å²) in [6.45, 7) is 4.23. The van der Waals surface area contributed by atoms with Crippen molar-refractivity contribution in [3.8, 4) is 0 Å². The van der Waals surface area contributed by atoms with E-state index in [1.54, 1.807) is 0 Å². The first-order valence-electron chi connectivity index (χ1n) is 23.6. The maximum atomic E-state index is 12.7. The standard InChI is InChI=1S/C49H88NO8P/c1-6-8-10-12-14-16-18-20-21-22-23-24-25-26-27-28-30-31-33-35-37-39-41-48(51)55-45-47(46-57-59(53,54)56-44-43-50(3,4)5)58-49(52)42-40-38-36-34-32-29-19-17-15-13-11-9-7-2/h9,11,13,15,17,19,25-26,29,32,47H,6-8,10,12,14,16,18,20-24,27-28,30-31,33-46H2,1-5H3/p+1/b11-9+,15-13+,19-17+,26-25+,32-29+. The first kappa shape index (κ1) is 56.7. The normalized spacial score (nSPS) is 14.1. The van der Waals surface area contributed by atoms with Gasteiger partial charge in [-0.15, -0.1) is 0 Å². The van der Waals surface area contributed by atoms with Crippen LogP contribution in [0.1, 0.15) is 187 Å². The lowest BCUT2D eigenvalue weighted by Crippen LogP contribution is -2.37. The Morgan fingerprint density at radius 1 is 0.542 bits per heavy atom. The molecule has 9 nitrogen and oxygen atoms in total. The number of esters is 2. The third kappa shape index (κ3) is 45.1. The number of quaternary nitrogens is 1. The molecule has 0 bridgehead atoms. The summed E-state index contributed by atoms with van der Waals surface area (Å²) in [4.78, 5) is 35.4. The summed E-state index contributed by atoms with van der Waals surface area (Å²) < 4.78 is 34.3. The largest absolute Gasteiger partial charge is 0.472 e. The summed E-state index contributed by atoms with van der Waals surface area (Å²) in [5.41, 5.74) is 0. The number of ether oxygens (including phenoxy) is 2.